The normalized spacial score (nSPS) is 11.5. The molecule has 17 heavy (non-hydrogen) atoms. The zero-order chi connectivity index (χ0) is 12.0. The van der Waals surface area contributed by atoms with Crippen LogP contribution in [0, 0.1) is 6.92 Å². The van der Waals surface area contributed by atoms with E-state index in [2.05, 4.69) is 20.6 Å². The summed E-state index contributed by atoms with van der Waals surface area (Å²) < 4.78 is 4.12. The lowest BCUT2D eigenvalue weighted by atomic mass is 10.4. The second-order valence-electron chi connectivity index (χ2n) is 3.99. The number of thiazole rings is 1. The maximum absolute atomic E-state index is 5.58. The molecular formula is C11H13N5S. The Labute approximate surface area is 103 Å². The van der Waals surface area contributed by atoms with Gasteiger partial charge in [-0.05, 0) is 6.92 Å². The first-order valence-corrected chi connectivity index (χ1v) is 6.23. The van der Waals surface area contributed by atoms with Gasteiger partial charge in [0.2, 0.25) is 5.78 Å². The summed E-state index contributed by atoms with van der Waals surface area (Å²) in [4.78, 5) is 8.86. The summed E-state index contributed by atoms with van der Waals surface area (Å²) in [6.45, 7) is 2.52. The Kier molecular flexibility index (Phi) is 2.27. The number of aromatic nitrogens is 4. The van der Waals surface area contributed by atoms with Crippen LogP contribution in [0.25, 0.3) is 16.5 Å². The minimum atomic E-state index is 0.483. The van der Waals surface area contributed by atoms with Gasteiger partial charge in [0, 0.05) is 30.9 Å². The maximum atomic E-state index is 5.58. The molecule has 0 saturated heterocycles. The summed E-state index contributed by atoms with van der Waals surface area (Å²) in [6.07, 6.45) is 3.93. The Morgan fingerprint density at radius 3 is 2.94 bits per heavy atom. The highest BCUT2D eigenvalue weighted by atomic mass is 32.1. The van der Waals surface area contributed by atoms with E-state index in [1.165, 1.54) is 0 Å². The highest BCUT2D eigenvalue weighted by Crippen LogP contribution is 2.25. The molecule has 0 unspecified atom stereocenters. The summed E-state index contributed by atoms with van der Waals surface area (Å²) in [6, 6.07) is 0. The van der Waals surface area contributed by atoms with Crippen LogP contribution in [-0.4, -0.2) is 18.9 Å². The van der Waals surface area contributed by atoms with Gasteiger partial charge in [-0.3, -0.25) is 4.40 Å². The molecule has 3 aromatic heterocycles. The fourth-order valence-electron chi connectivity index (χ4n) is 1.87. The molecule has 0 bridgehead atoms. The number of imidazole rings is 2. The zero-order valence-electron chi connectivity index (χ0n) is 9.71. The Morgan fingerprint density at radius 2 is 2.29 bits per heavy atom. The van der Waals surface area contributed by atoms with Gasteiger partial charge in [-0.25, -0.2) is 9.97 Å². The molecular weight excluding hydrogens is 234 g/mol. The second kappa shape index (κ2) is 3.68. The van der Waals surface area contributed by atoms with Crippen molar-refractivity contribution in [3.8, 4) is 10.7 Å². The molecule has 0 saturated carbocycles. The molecule has 0 aromatic carbocycles. The number of hydrogen-bond donors (Lipinski definition) is 1. The van der Waals surface area contributed by atoms with E-state index in [0.717, 1.165) is 27.9 Å². The number of hydrogen-bond acceptors (Lipinski definition) is 4. The van der Waals surface area contributed by atoms with Gasteiger partial charge in [-0.2, -0.15) is 0 Å². The molecule has 0 aliphatic heterocycles. The van der Waals surface area contributed by atoms with E-state index in [1.54, 1.807) is 11.3 Å². The van der Waals surface area contributed by atoms with E-state index in [4.69, 9.17) is 5.73 Å². The van der Waals surface area contributed by atoms with Crippen LogP contribution >= 0.6 is 11.3 Å². The van der Waals surface area contributed by atoms with Crippen molar-refractivity contribution in [2.75, 3.05) is 0 Å². The Balaban J connectivity index is 2.19. The van der Waals surface area contributed by atoms with Gasteiger partial charge in [0.05, 0.1) is 17.6 Å². The molecule has 0 radical (unpaired) electrons. The number of fused-ring (bicyclic) bond motifs is 1. The van der Waals surface area contributed by atoms with Crippen molar-refractivity contribution < 1.29 is 0 Å². The highest BCUT2D eigenvalue weighted by molar-refractivity contribution is 7.13. The first-order chi connectivity index (χ1) is 8.20. The molecule has 5 nitrogen and oxygen atoms in total. The molecule has 6 heteroatoms. The van der Waals surface area contributed by atoms with Crippen molar-refractivity contribution >= 4 is 17.1 Å². The van der Waals surface area contributed by atoms with Crippen LogP contribution in [0.4, 0.5) is 0 Å². The summed E-state index contributed by atoms with van der Waals surface area (Å²) in [5, 5.41) is 2.98. The van der Waals surface area contributed by atoms with Crippen LogP contribution < -0.4 is 5.73 Å². The number of rotatable bonds is 2. The first kappa shape index (κ1) is 10.5. The Hall–Kier alpha value is -1.66. The van der Waals surface area contributed by atoms with Gasteiger partial charge in [-0.15, -0.1) is 11.3 Å². The average molecular weight is 247 g/mol. The average Bonchev–Trinajstić information content (AvgIpc) is 2.98. The summed E-state index contributed by atoms with van der Waals surface area (Å²) in [5.41, 5.74) is 8.70. The third kappa shape index (κ3) is 1.49. The van der Waals surface area contributed by atoms with Crippen molar-refractivity contribution in [2.45, 2.75) is 13.5 Å². The molecule has 0 aliphatic carbocycles. The molecule has 3 aromatic rings. The molecule has 2 N–H and O–H groups in total. The topological polar surface area (TPSA) is 61.1 Å². The van der Waals surface area contributed by atoms with Gasteiger partial charge >= 0.3 is 0 Å². The van der Waals surface area contributed by atoms with Gasteiger partial charge < -0.3 is 10.3 Å². The first-order valence-electron chi connectivity index (χ1n) is 5.35. The minimum absolute atomic E-state index is 0.483. The number of nitrogens with two attached hydrogens (primary N) is 1. The van der Waals surface area contributed by atoms with E-state index >= 15 is 0 Å². The molecule has 0 aliphatic rings. The van der Waals surface area contributed by atoms with Gasteiger partial charge in [-0.1, -0.05) is 0 Å². The van der Waals surface area contributed by atoms with E-state index in [-0.39, 0.29) is 0 Å². The second-order valence-corrected chi connectivity index (χ2v) is 4.85. The quantitative estimate of drug-likeness (QED) is 0.747. The lowest BCUT2D eigenvalue weighted by Gasteiger charge is -1.96. The van der Waals surface area contributed by atoms with Crippen LogP contribution in [0.5, 0.6) is 0 Å². The van der Waals surface area contributed by atoms with E-state index in [9.17, 15) is 0 Å². The van der Waals surface area contributed by atoms with Crippen LogP contribution in [0.3, 0.4) is 0 Å². The minimum Gasteiger partial charge on any atom is -0.325 e. The number of nitrogens with zero attached hydrogens (tertiary/aromatic N) is 4. The smallest absolute Gasteiger partial charge is 0.214 e. The molecule has 0 spiro atoms. The van der Waals surface area contributed by atoms with Crippen LogP contribution in [0.15, 0.2) is 17.8 Å². The van der Waals surface area contributed by atoms with E-state index in [1.807, 2.05) is 30.1 Å². The lowest BCUT2D eigenvalue weighted by Crippen LogP contribution is -1.96. The molecule has 0 fully saturated rings. The standard InChI is InChI=1S/C11H13N5S/c1-7-4-13-11-15(2)9(5-16(7)11)10-14-8(3-12)6-17-10/h4-6H,3,12H2,1-2H3. The van der Waals surface area contributed by atoms with Crippen molar-refractivity contribution in [3.05, 3.63) is 29.2 Å². The Bertz CT molecular complexity index is 675. The summed E-state index contributed by atoms with van der Waals surface area (Å²) in [7, 11) is 2.00. The third-order valence-electron chi connectivity index (χ3n) is 2.86. The fourth-order valence-corrected chi connectivity index (χ4v) is 2.75. The molecule has 3 rings (SSSR count). The maximum Gasteiger partial charge on any atom is 0.214 e. The summed E-state index contributed by atoms with van der Waals surface area (Å²) >= 11 is 1.61. The highest BCUT2D eigenvalue weighted by Gasteiger charge is 2.13. The Morgan fingerprint density at radius 1 is 1.47 bits per heavy atom. The van der Waals surface area contributed by atoms with Gasteiger partial charge in [0.1, 0.15) is 5.01 Å². The third-order valence-corrected chi connectivity index (χ3v) is 3.77. The SMILES string of the molecule is Cc1cnc2n(C)c(-c3nc(CN)cs3)cn12. The monoisotopic (exact) mass is 247 g/mol. The summed E-state index contributed by atoms with van der Waals surface area (Å²) in [5.74, 6) is 0.932. The van der Waals surface area contributed by atoms with Crippen LogP contribution in [0.2, 0.25) is 0 Å². The number of aryl methyl sites for hydroxylation is 2. The predicted molar refractivity (Wildman–Crippen MR) is 67.9 cm³/mol. The van der Waals surface area contributed by atoms with Gasteiger partial charge in [0.15, 0.2) is 0 Å². The van der Waals surface area contributed by atoms with Crippen LogP contribution in [0.1, 0.15) is 11.4 Å². The lowest BCUT2D eigenvalue weighted by molar-refractivity contribution is 0.937. The van der Waals surface area contributed by atoms with E-state index < -0.39 is 0 Å². The molecule has 88 valence electrons. The predicted octanol–water partition coefficient (Wildman–Crippen LogP) is 1.56. The molecule has 0 atom stereocenters. The molecule has 0 amide bonds. The van der Waals surface area contributed by atoms with E-state index in [0.29, 0.717) is 6.54 Å². The van der Waals surface area contributed by atoms with Gasteiger partial charge in [0.25, 0.3) is 0 Å². The fraction of sp³-hybridized carbons (Fsp3) is 0.273. The largest absolute Gasteiger partial charge is 0.325 e. The molecule has 3 heterocycles. The van der Waals surface area contributed by atoms with Crippen molar-refractivity contribution in [3.63, 3.8) is 0 Å². The van der Waals surface area contributed by atoms with Crippen molar-refractivity contribution in [2.24, 2.45) is 12.8 Å². The van der Waals surface area contributed by atoms with Crippen molar-refractivity contribution in [1.82, 2.24) is 18.9 Å². The zero-order valence-corrected chi connectivity index (χ0v) is 10.5. The van der Waals surface area contributed by atoms with Crippen molar-refractivity contribution in [1.29, 1.82) is 0 Å². The van der Waals surface area contributed by atoms with Crippen LogP contribution in [-0.2, 0) is 13.6 Å².